The minimum absolute atomic E-state index is 0.0762. The Morgan fingerprint density at radius 2 is 0.679 bits per heavy atom. The molecule has 0 heterocycles. The van der Waals surface area contributed by atoms with Crippen LogP contribution in [0.2, 0.25) is 0 Å². The van der Waals surface area contributed by atoms with E-state index in [9.17, 15) is 0 Å². The summed E-state index contributed by atoms with van der Waals surface area (Å²) < 4.78 is 0. The summed E-state index contributed by atoms with van der Waals surface area (Å²) in [7, 11) is 0.152. The second-order valence-electron chi connectivity index (χ2n) is 10.1. The highest BCUT2D eigenvalue weighted by Gasteiger charge is 2.39. The van der Waals surface area contributed by atoms with Gasteiger partial charge < -0.3 is 0 Å². The van der Waals surface area contributed by atoms with Crippen molar-refractivity contribution in [1.29, 1.82) is 0 Å². The molecular formula is C26H40P2. The molecule has 4 fully saturated rings. The fraction of sp³-hybridized carbons (Fsp3) is 0.769. The van der Waals surface area contributed by atoms with Crippen LogP contribution in [-0.4, -0.2) is 22.6 Å². The third kappa shape index (κ3) is 4.12. The minimum Gasteiger partial charge on any atom is -0.0683 e. The summed E-state index contributed by atoms with van der Waals surface area (Å²) in [6.07, 6.45) is 24.4. The normalized spacial score (nSPS) is 25.8. The van der Waals surface area contributed by atoms with Crippen LogP contribution >= 0.6 is 15.8 Å². The lowest BCUT2D eigenvalue weighted by Gasteiger charge is -2.37. The van der Waals surface area contributed by atoms with Gasteiger partial charge in [0.05, 0.1) is 0 Å². The average Bonchev–Trinajstić information content (AvgIpc) is 3.52. The molecule has 0 amide bonds. The van der Waals surface area contributed by atoms with Crippen molar-refractivity contribution in [2.45, 2.75) is 125 Å². The lowest BCUT2D eigenvalue weighted by Crippen LogP contribution is -2.33. The smallest absolute Gasteiger partial charge is 0.0158 e. The zero-order valence-corrected chi connectivity index (χ0v) is 19.6. The molecule has 0 radical (unpaired) electrons. The summed E-state index contributed by atoms with van der Waals surface area (Å²) in [6, 6.07) is 10.1. The van der Waals surface area contributed by atoms with E-state index in [1.54, 1.807) is 51.4 Å². The Morgan fingerprint density at radius 1 is 0.429 bits per heavy atom. The predicted octanol–water partition coefficient (Wildman–Crippen LogP) is 7.67. The number of hydrogen-bond acceptors (Lipinski definition) is 0. The Bertz CT molecular complexity index is 530. The number of hydrogen-bond donors (Lipinski definition) is 0. The first-order valence-corrected chi connectivity index (χ1v) is 15.5. The fourth-order valence-electron chi connectivity index (χ4n) is 7.01. The molecule has 4 aliphatic rings. The van der Waals surface area contributed by atoms with Gasteiger partial charge in [0.2, 0.25) is 0 Å². The summed E-state index contributed by atoms with van der Waals surface area (Å²) in [6.45, 7) is 0. The summed E-state index contributed by atoms with van der Waals surface area (Å²) in [5.41, 5.74) is 4.23. The van der Waals surface area contributed by atoms with Crippen LogP contribution in [0.1, 0.15) is 103 Å². The maximum absolute atomic E-state index is 2.65. The van der Waals surface area contributed by atoms with Gasteiger partial charge in [-0.2, -0.15) is 0 Å². The van der Waals surface area contributed by atoms with Crippen LogP contribution in [0, 0.1) is 0 Å². The maximum atomic E-state index is 2.65. The van der Waals surface area contributed by atoms with Crippen LogP contribution in [-0.2, 0) is 0 Å². The standard InChI is InChI=1S/C26H40P2/c1-2-12-21(11-1)27(22-13-3-4-14-22)25-19-9-10-20-26(25)28(23-15-5-6-16-23)24-17-7-8-18-24/h9-10,19-24H,1-8,11-18H2. The molecule has 0 nitrogen and oxygen atoms in total. The molecule has 4 aliphatic carbocycles. The molecule has 28 heavy (non-hydrogen) atoms. The molecule has 0 spiro atoms. The lowest BCUT2D eigenvalue weighted by molar-refractivity contribution is 0.833. The van der Waals surface area contributed by atoms with Gasteiger partial charge in [0.15, 0.2) is 0 Å². The first-order chi connectivity index (χ1) is 13.9. The van der Waals surface area contributed by atoms with Crippen molar-refractivity contribution in [3.8, 4) is 0 Å². The van der Waals surface area contributed by atoms with Crippen LogP contribution in [0.3, 0.4) is 0 Å². The van der Waals surface area contributed by atoms with Crippen LogP contribution in [0.5, 0.6) is 0 Å². The van der Waals surface area contributed by atoms with Gasteiger partial charge >= 0.3 is 0 Å². The first-order valence-electron chi connectivity index (χ1n) is 12.6. The maximum Gasteiger partial charge on any atom is -0.0158 e. The topological polar surface area (TPSA) is 0 Å². The third-order valence-electron chi connectivity index (χ3n) is 8.31. The van der Waals surface area contributed by atoms with E-state index in [4.69, 9.17) is 0 Å². The third-order valence-corrected chi connectivity index (χ3v) is 15.6. The van der Waals surface area contributed by atoms with Crippen molar-refractivity contribution in [2.24, 2.45) is 0 Å². The molecule has 0 saturated heterocycles. The first kappa shape index (κ1) is 20.0. The summed E-state index contributed by atoms with van der Waals surface area (Å²) in [4.78, 5) is 0. The molecule has 0 bridgehead atoms. The summed E-state index contributed by atoms with van der Waals surface area (Å²) in [5.74, 6) is 0. The zero-order chi connectivity index (χ0) is 18.8. The molecule has 4 saturated carbocycles. The molecule has 0 atom stereocenters. The number of benzene rings is 1. The van der Waals surface area contributed by atoms with Crippen LogP contribution in [0.4, 0.5) is 0 Å². The molecule has 1 aromatic rings. The number of rotatable bonds is 6. The molecule has 0 aliphatic heterocycles. The van der Waals surface area contributed by atoms with Crippen LogP contribution in [0.25, 0.3) is 0 Å². The largest absolute Gasteiger partial charge is 0.0683 e. The van der Waals surface area contributed by atoms with E-state index < -0.39 is 0 Å². The highest BCUT2D eigenvalue weighted by Crippen LogP contribution is 2.60. The van der Waals surface area contributed by atoms with Crippen LogP contribution < -0.4 is 10.6 Å². The van der Waals surface area contributed by atoms with E-state index in [-0.39, 0.29) is 15.8 Å². The van der Waals surface area contributed by atoms with Crippen molar-refractivity contribution in [3.05, 3.63) is 24.3 Å². The second-order valence-corrected chi connectivity index (χ2v) is 15.6. The van der Waals surface area contributed by atoms with E-state index >= 15 is 0 Å². The molecule has 154 valence electrons. The van der Waals surface area contributed by atoms with E-state index in [0.717, 1.165) is 22.6 Å². The van der Waals surface area contributed by atoms with Gasteiger partial charge in [-0.1, -0.05) is 91.5 Å². The minimum atomic E-state index is 0.0762. The summed E-state index contributed by atoms with van der Waals surface area (Å²) >= 11 is 0. The molecule has 0 N–H and O–H groups in total. The monoisotopic (exact) mass is 414 g/mol. The Morgan fingerprint density at radius 3 is 0.929 bits per heavy atom. The van der Waals surface area contributed by atoms with Crippen molar-refractivity contribution in [2.75, 3.05) is 0 Å². The van der Waals surface area contributed by atoms with Gasteiger partial charge in [-0.25, -0.2) is 0 Å². The van der Waals surface area contributed by atoms with E-state index in [2.05, 4.69) is 24.3 Å². The molecule has 2 heteroatoms. The Balaban J connectivity index is 1.53. The van der Waals surface area contributed by atoms with E-state index in [0.29, 0.717) is 0 Å². The molecular weight excluding hydrogens is 374 g/mol. The molecule has 0 unspecified atom stereocenters. The Hall–Kier alpha value is 0.0800. The average molecular weight is 415 g/mol. The highest BCUT2D eigenvalue weighted by atomic mass is 31.1. The van der Waals surface area contributed by atoms with Crippen LogP contribution in [0.15, 0.2) is 24.3 Å². The zero-order valence-electron chi connectivity index (χ0n) is 17.8. The highest BCUT2D eigenvalue weighted by molar-refractivity contribution is 7.73. The van der Waals surface area contributed by atoms with Gasteiger partial charge in [0.25, 0.3) is 0 Å². The molecule has 5 rings (SSSR count). The van der Waals surface area contributed by atoms with Gasteiger partial charge in [-0.15, -0.1) is 0 Å². The van der Waals surface area contributed by atoms with Crippen molar-refractivity contribution < 1.29 is 0 Å². The van der Waals surface area contributed by atoms with Crippen molar-refractivity contribution >= 4 is 26.5 Å². The van der Waals surface area contributed by atoms with Crippen molar-refractivity contribution in [3.63, 3.8) is 0 Å². The lowest BCUT2D eigenvalue weighted by atomic mass is 10.3. The molecule has 1 aromatic carbocycles. The SMILES string of the molecule is c1ccc(P(C2CCCC2)C2CCCC2)c(P(C2CCCC2)C2CCCC2)c1. The Labute approximate surface area is 176 Å². The summed E-state index contributed by atoms with van der Waals surface area (Å²) in [5, 5.41) is 3.86. The molecule has 0 aromatic heterocycles. The second kappa shape index (κ2) is 9.48. The predicted molar refractivity (Wildman–Crippen MR) is 129 cm³/mol. The van der Waals surface area contributed by atoms with E-state index in [1.807, 2.05) is 10.6 Å². The quantitative estimate of drug-likeness (QED) is 0.419. The van der Waals surface area contributed by atoms with Gasteiger partial charge in [0.1, 0.15) is 0 Å². The van der Waals surface area contributed by atoms with E-state index in [1.165, 1.54) is 51.4 Å². The Kier molecular flexibility index (Phi) is 6.77. The van der Waals surface area contributed by atoms with Gasteiger partial charge in [0, 0.05) is 0 Å². The fourth-order valence-corrected chi connectivity index (χ4v) is 15.4. The van der Waals surface area contributed by atoms with Gasteiger partial charge in [-0.3, -0.25) is 0 Å². The van der Waals surface area contributed by atoms with Crippen molar-refractivity contribution in [1.82, 2.24) is 0 Å². The van der Waals surface area contributed by atoms with Gasteiger partial charge in [-0.05, 0) is 84.6 Å².